The van der Waals surface area contributed by atoms with Gasteiger partial charge in [-0.2, -0.15) is 0 Å². The van der Waals surface area contributed by atoms with E-state index in [9.17, 15) is 0 Å². The molecule has 0 saturated carbocycles. The van der Waals surface area contributed by atoms with Crippen LogP contribution < -0.4 is 5.73 Å². The maximum absolute atomic E-state index is 6.07. The Labute approximate surface area is 128 Å². The third kappa shape index (κ3) is 2.92. The van der Waals surface area contributed by atoms with Crippen LogP contribution in [0, 0.1) is 5.92 Å². The molecule has 3 rings (SSSR count). The van der Waals surface area contributed by atoms with Gasteiger partial charge in [0.1, 0.15) is 0 Å². The number of likely N-dealkylation sites (tertiary alicyclic amines) is 1. The maximum atomic E-state index is 6.07. The van der Waals surface area contributed by atoms with Gasteiger partial charge in [0.25, 0.3) is 0 Å². The van der Waals surface area contributed by atoms with E-state index in [1.807, 2.05) is 0 Å². The molecule has 2 aromatic rings. The van der Waals surface area contributed by atoms with Gasteiger partial charge < -0.3 is 10.7 Å². The highest BCUT2D eigenvalue weighted by Gasteiger charge is 2.23. The van der Waals surface area contributed by atoms with Gasteiger partial charge in [0.05, 0.1) is 0 Å². The number of nitrogens with one attached hydrogen (secondary N) is 1. The van der Waals surface area contributed by atoms with Crippen molar-refractivity contribution in [1.29, 1.82) is 0 Å². The van der Waals surface area contributed by atoms with Gasteiger partial charge in [-0.1, -0.05) is 15.9 Å². The molecule has 20 heavy (non-hydrogen) atoms. The number of piperidine rings is 1. The molecular formula is C16H22BrN3. The third-order valence-electron chi connectivity index (χ3n) is 4.41. The molecule has 1 aromatic heterocycles. The van der Waals surface area contributed by atoms with Gasteiger partial charge in [0.15, 0.2) is 0 Å². The number of nitrogens with two attached hydrogens (primary N) is 1. The first-order valence-corrected chi connectivity index (χ1v) is 8.16. The van der Waals surface area contributed by atoms with Crippen LogP contribution in [-0.4, -0.2) is 29.0 Å². The number of nitrogens with zero attached hydrogens (tertiary/aromatic N) is 1. The first-order chi connectivity index (χ1) is 9.63. The largest absolute Gasteiger partial charge is 0.361 e. The molecule has 0 amide bonds. The SMILES string of the molecule is CC(N)C1CCCN(Cc2c[nH]c3ccc(Br)cc23)C1. The van der Waals surface area contributed by atoms with E-state index >= 15 is 0 Å². The summed E-state index contributed by atoms with van der Waals surface area (Å²) in [6.07, 6.45) is 4.68. The summed E-state index contributed by atoms with van der Waals surface area (Å²) in [7, 11) is 0. The molecule has 2 atom stereocenters. The minimum Gasteiger partial charge on any atom is -0.361 e. The molecule has 1 fully saturated rings. The van der Waals surface area contributed by atoms with Crippen molar-refractivity contribution in [1.82, 2.24) is 9.88 Å². The summed E-state index contributed by atoms with van der Waals surface area (Å²) in [6.45, 7) is 5.46. The van der Waals surface area contributed by atoms with Crippen molar-refractivity contribution in [3.63, 3.8) is 0 Å². The number of aromatic amines is 1. The predicted octanol–water partition coefficient (Wildman–Crippen LogP) is 3.49. The highest BCUT2D eigenvalue weighted by Crippen LogP contribution is 2.26. The summed E-state index contributed by atoms with van der Waals surface area (Å²) in [5.41, 5.74) is 8.67. The highest BCUT2D eigenvalue weighted by atomic mass is 79.9. The topological polar surface area (TPSA) is 45.0 Å². The predicted molar refractivity (Wildman–Crippen MR) is 87.6 cm³/mol. The average molecular weight is 336 g/mol. The summed E-state index contributed by atoms with van der Waals surface area (Å²) >= 11 is 3.56. The van der Waals surface area contributed by atoms with E-state index in [2.05, 4.69) is 57.1 Å². The molecule has 3 nitrogen and oxygen atoms in total. The van der Waals surface area contributed by atoms with Crippen molar-refractivity contribution in [2.24, 2.45) is 11.7 Å². The van der Waals surface area contributed by atoms with Gasteiger partial charge in [0, 0.05) is 40.7 Å². The van der Waals surface area contributed by atoms with E-state index in [0.29, 0.717) is 12.0 Å². The summed E-state index contributed by atoms with van der Waals surface area (Å²) in [5.74, 6) is 0.640. The van der Waals surface area contributed by atoms with E-state index in [1.165, 1.54) is 35.9 Å². The third-order valence-corrected chi connectivity index (χ3v) is 4.90. The normalized spacial score (nSPS) is 22.2. The number of hydrogen-bond donors (Lipinski definition) is 2. The second-order valence-electron chi connectivity index (χ2n) is 6.00. The lowest BCUT2D eigenvalue weighted by Crippen LogP contribution is -2.41. The Morgan fingerprint density at radius 1 is 1.50 bits per heavy atom. The summed E-state index contributed by atoms with van der Waals surface area (Å²) in [4.78, 5) is 5.91. The molecule has 1 aliphatic rings. The van der Waals surface area contributed by atoms with Crippen LogP contribution in [0.1, 0.15) is 25.3 Å². The van der Waals surface area contributed by atoms with Gasteiger partial charge in [-0.15, -0.1) is 0 Å². The molecule has 4 heteroatoms. The molecule has 0 bridgehead atoms. The molecule has 108 valence electrons. The van der Waals surface area contributed by atoms with Crippen molar-refractivity contribution in [2.75, 3.05) is 13.1 Å². The Bertz CT molecular complexity index is 590. The molecule has 1 saturated heterocycles. The number of H-pyrrole nitrogens is 1. The molecule has 0 radical (unpaired) electrons. The van der Waals surface area contributed by atoms with Gasteiger partial charge in [-0.25, -0.2) is 0 Å². The number of hydrogen-bond acceptors (Lipinski definition) is 2. The lowest BCUT2D eigenvalue weighted by molar-refractivity contribution is 0.155. The Balaban J connectivity index is 1.77. The van der Waals surface area contributed by atoms with Crippen LogP contribution in [0.4, 0.5) is 0 Å². The van der Waals surface area contributed by atoms with Gasteiger partial charge in [0.2, 0.25) is 0 Å². The fourth-order valence-corrected chi connectivity index (χ4v) is 3.55. The zero-order valence-corrected chi connectivity index (χ0v) is 13.5. The van der Waals surface area contributed by atoms with Crippen LogP contribution >= 0.6 is 15.9 Å². The average Bonchev–Trinajstić information content (AvgIpc) is 2.82. The van der Waals surface area contributed by atoms with E-state index in [-0.39, 0.29) is 0 Å². The second-order valence-corrected chi connectivity index (χ2v) is 6.92. The first-order valence-electron chi connectivity index (χ1n) is 7.37. The lowest BCUT2D eigenvalue weighted by Gasteiger charge is -2.34. The van der Waals surface area contributed by atoms with Crippen molar-refractivity contribution in [2.45, 2.75) is 32.4 Å². The summed E-state index contributed by atoms with van der Waals surface area (Å²) < 4.78 is 1.14. The Morgan fingerprint density at radius 2 is 2.35 bits per heavy atom. The molecule has 1 aliphatic heterocycles. The van der Waals surface area contributed by atoms with Crippen LogP contribution in [0.5, 0.6) is 0 Å². The van der Waals surface area contributed by atoms with Crippen molar-refractivity contribution in [3.05, 3.63) is 34.4 Å². The molecular weight excluding hydrogens is 314 g/mol. The number of aromatic nitrogens is 1. The molecule has 0 aliphatic carbocycles. The van der Waals surface area contributed by atoms with Gasteiger partial charge >= 0.3 is 0 Å². The molecule has 1 aromatic carbocycles. The highest BCUT2D eigenvalue weighted by molar-refractivity contribution is 9.10. The minimum absolute atomic E-state index is 0.301. The summed E-state index contributed by atoms with van der Waals surface area (Å²) in [6, 6.07) is 6.71. The smallest absolute Gasteiger partial charge is 0.0458 e. The second kappa shape index (κ2) is 5.88. The quantitative estimate of drug-likeness (QED) is 0.901. The van der Waals surface area contributed by atoms with Gasteiger partial charge in [-0.05, 0) is 56.0 Å². The molecule has 0 spiro atoms. The minimum atomic E-state index is 0.301. The zero-order chi connectivity index (χ0) is 14.1. The van der Waals surface area contributed by atoms with Crippen molar-refractivity contribution >= 4 is 26.8 Å². The number of fused-ring (bicyclic) bond motifs is 1. The Morgan fingerprint density at radius 3 is 3.15 bits per heavy atom. The fourth-order valence-electron chi connectivity index (χ4n) is 3.19. The number of benzene rings is 1. The molecule has 2 unspecified atom stereocenters. The zero-order valence-electron chi connectivity index (χ0n) is 11.9. The van der Waals surface area contributed by atoms with E-state index in [4.69, 9.17) is 5.73 Å². The number of halogens is 1. The van der Waals surface area contributed by atoms with E-state index in [1.54, 1.807) is 0 Å². The Hall–Kier alpha value is -0.840. The monoisotopic (exact) mass is 335 g/mol. The van der Waals surface area contributed by atoms with Crippen LogP contribution in [0.15, 0.2) is 28.9 Å². The van der Waals surface area contributed by atoms with Crippen molar-refractivity contribution < 1.29 is 0 Å². The van der Waals surface area contributed by atoms with Gasteiger partial charge in [-0.3, -0.25) is 4.90 Å². The van der Waals surface area contributed by atoms with Crippen LogP contribution in [0.25, 0.3) is 10.9 Å². The number of rotatable bonds is 3. The molecule has 2 heterocycles. The van der Waals surface area contributed by atoms with E-state index in [0.717, 1.165) is 17.6 Å². The fraction of sp³-hybridized carbons (Fsp3) is 0.500. The van der Waals surface area contributed by atoms with E-state index < -0.39 is 0 Å². The molecule has 3 N–H and O–H groups in total. The Kier molecular flexibility index (Phi) is 4.15. The lowest BCUT2D eigenvalue weighted by atomic mass is 9.92. The first kappa shape index (κ1) is 14.1. The van der Waals surface area contributed by atoms with Crippen LogP contribution in [-0.2, 0) is 6.54 Å². The van der Waals surface area contributed by atoms with Crippen LogP contribution in [0.2, 0.25) is 0 Å². The maximum Gasteiger partial charge on any atom is 0.0458 e. The summed E-state index contributed by atoms with van der Waals surface area (Å²) in [5, 5.41) is 1.32. The van der Waals surface area contributed by atoms with Crippen LogP contribution in [0.3, 0.4) is 0 Å². The van der Waals surface area contributed by atoms with Crippen molar-refractivity contribution in [3.8, 4) is 0 Å². The standard InChI is InChI=1S/C16H22BrN3/c1-11(18)12-3-2-6-20(9-12)10-13-8-19-16-5-4-14(17)7-15(13)16/h4-5,7-8,11-12,19H,2-3,6,9-10,18H2,1H3.